The van der Waals surface area contributed by atoms with Crippen molar-refractivity contribution in [2.75, 3.05) is 6.61 Å². The maximum absolute atomic E-state index is 12.1. The van der Waals surface area contributed by atoms with Crippen molar-refractivity contribution >= 4 is 23.7 Å². The Kier molecular flexibility index (Phi) is 8.05. The summed E-state index contributed by atoms with van der Waals surface area (Å²) in [4.78, 5) is 45.5. The molecule has 0 bridgehead atoms. The average Bonchev–Trinajstić information content (AvgIpc) is 2.41. The van der Waals surface area contributed by atoms with Crippen LogP contribution in [0.1, 0.15) is 20.3 Å². The number of hydrogen-bond donors (Lipinski definition) is 6. The highest BCUT2D eigenvalue weighted by Gasteiger charge is 2.30. The lowest BCUT2D eigenvalue weighted by Gasteiger charge is -2.24. The molecule has 0 saturated carbocycles. The van der Waals surface area contributed by atoms with Gasteiger partial charge in [-0.15, -0.1) is 0 Å². The summed E-state index contributed by atoms with van der Waals surface area (Å²) in [5, 5.41) is 22.2. The molecule has 10 heteroatoms. The molecule has 0 unspecified atom stereocenters. The number of rotatable bonds is 9. The lowest BCUT2D eigenvalue weighted by Crippen LogP contribution is -2.57. The molecule has 0 fully saturated rings. The minimum atomic E-state index is -1.49. The van der Waals surface area contributed by atoms with Gasteiger partial charge in [0.25, 0.3) is 0 Å². The summed E-state index contributed by atoms with van der Waals surface area (Å²) in [6.07, 6.45) is -0.573. The van der Waals surface area contributed by atoms with Gasteiger partial charge in [0.15, 0.2) is 0 Å². The van der Waals surface area contributed by atoms with E-state index in [2.05, 4.69) is 10.6 Å². The molecule has 0 aliphatic heterocycles. The molecule has 3 amide bonds. The first kappa shape index (κ1) is 19.8. The van der Waals surface area contributed by atoms with Crippen molar-refractivity contribution < 1.29 is 29.4 Å². The highest BCUT2D eigenvalue weighted by Crippen LogP contribution is 2.04. The predicted molar refractivity (Wildman–Crippen MR) is 75.2 cm³/mol. The third-order valence-electron chi connectivity index (χ3n) is 2.80. The van der Waals surface area contributed by atoms with Crippen LogP contribution in [0.25, 0.3) is 0 Å². The summed E-state index contributed by atoms with van der Waals surface area (Å²) in [5.41, 5.74) is 10.2. The van der Waals surface area contributed by atoms with Crippen molar-refractivity contribution in [2.24, 2.45) is 17.4 Å². The Hall–Kier alpha value is -2.20. The van der Waals surface area contributed by atoms with Crippen LogP contribution in [-0.4, -0.2) is 58.6 Å². The van der Waals surface area contributed by atoms with Crippen molar-refractivity contribution in [2.45, 2.75) is 38.4 Å². The van der Waals surface area contributed by atoms with Crippen molar-refractivity contribution in [1.29, 1.82) is 0 Å². The van der Waals surface area contributed by atoms with E-state index in [1.807, 2.05) is 0 Å². The number of amides is 3. The van der Waals surface area contributed by atoms with E-state index >= 15 is 0 Å². The Bertz CT molecular complexity index is 439. The number of aliphatic carboxylic acids is 1. The summed E-state index contributed by atoms with van der Waals surface area (Å²) in [6, 6.07) is -3.76. The van der Waals surface area contributed by atoms with Gasteiger partial charge in [-0.2, -0.15) is 0 Å². The number of carboxylic acids is 1. The van der Waals surface area contributed by atoms with Crippen LogP contribution in [0.3, 0.4) is 0 Å². The van der Waals surface area contributed by atoms with E-state index in [0.717, 1.165) is 0 Å². The number of aliphatic hydroxyl groups is 1. The summed E-state index contributed by atoms with van der Waals surface area (Å²) < 4.78 is 0. The smallest absolute Gasteiger partial charge is 0.326 e. The maximum atomic E-state index is 12.1. The molecular formula is C12H22N4O6. The fourth-order valence-corrected chi connectivity index (χ4v) is 1.54. The van der Waals surface area contributed by atoms with Crippen LogP contribution in [0, 0.1) is 5.92 Å². The summed E-state index contributed by atoms with van der Waals surface area (Å²) in [7, 11) is 0. The molecule has 0 aromatic heterocycles. The Morgan fingerprint density at radius 3 is 2.00 bits per heavy atom. The first-order chi connectivity index (χ1) is 10.1. The Labute approximate surface area is 127 Å². The number of carboxylic acid groups (broad SMARTS) is 1. The lowest BCUT2D eigenvalue weighted by atomic mass is 10.0. The van der Waals surface area contributed by atoms with Gasteiger partial charge in [-0.3, -0.25) is 14.4 Å². The molecule has 0 saturated heterocycles. The van der Waals surface area contributed by atoms with Crippen molar-refractivity contribution in [3.05, 3.63) is 0 Å². The molecule has 0 aliphatic carbocycles. The number of primary amides is 1. The maximum Gasteiger partial charge on any atom is 0.326 e. The highest BCUT2D eigenvalue weighted by molar-refractivity contribution is 5.93. The molecule has 3 atom stereocenters. The molecule has 0 spiro atoms. The van der Waals surface area contributed by atoms with E-state index in [-0.39, 0.29) is 5.92 Å². The lowest BCUT2D eigenvalue weighted by molar-refractivity contribution is -0.144. The van der Waals surface area contributed by atoms with E-state index in [1.54, 1.807) is 13.8 Å². The Morgan fingerprint density at radius 1 is 1.09 bits per heavy atom. The Morgan fingerprint density at radius 2 is 1.64 bits per heavy atom. The molecular weight excluding hydrogens is 296 g/mol. The number of aliphatic hydroxyl groups excluding tert-OH is 1. The third-order valence-corrected chi connectivity index (χ3v) is 2.80. The predicted octanol–water partition coefficient (Wildman–Crippen LogP) is -3.11. The summed E-state index contributed by atoms with van der Waals surface area (Å²) >= 11 is 0. The largest absolute Gasteiger partial charge is 0.480 e. The molecule has 10 nitrogen and oxygen atoms in total. The minimum Gasteiger partial charge on any atom is -0.480 e. The summed E-state index contributed by atoms with van der Waals surface area (Å²) in [5.74, 6) is -4.23. The molecule has 0 aliphatic rings. The third kappa shape index (κ3) is 6.50. The second kappa shape index (κ2) is 8.95. The first-order valence-corrected chi connectivity index (χ1v) is 6.58. The van der Waals surface area contributed by atoms with Gasteiger partial charge >= 0.3 is 5.97 Å². The number of nitrogens with two attached hydrogens (primary N) is 2. The van der Waals surface area contributed by atoms with Crippen LogP contribution in [0.2, 0.25) is 0 Å². The molecule has 0 rings (SSSR count). The average molecular weight is 318 g/mol. The van der Waals surface area contributed by atoms with Gasteiger partial charge in [-0.05, 0) is 5.92 Å². The van der Waals surface area contributed by atoms with Gasteiger partial charge in [0.05, 0.1) is 13.0 Å². The van der Waals surface area contributed by atoms with Gasteiger partial charge in [0, 0.05) is 0 Å². The van der Waals surface area contributed by atoms with E-state index in [4.69, 9.17) is 21.7 Å². The normalized spacial score (nSPS) is 14.8. The zero-order valence-corrected chi connectivity index (χ0v) is 12.4. The molecule has 0 aromatic carbocycles. The first-order valence-electron chi connectivity index (χ1n) is 6.58. The van der Waals surface area contributed by atoms with Crippen molar-refractivity contribution in [3.63, 3.8) is 0 Å². The van der Waals surface area contributed by atoms with Gasteiger partial charge in [0.1, 0.15) is 18.1 Å². The monoisotopic (exact) mass is 318 g/mol. The van der Waals surface area contributed by atoms with Gasteiger partial charge in [-0.1, -0.05) is 13.8 Å². The summed E-state index contributed by atoms with van der Waals surface area (Å²) in [6.45, 7) is 2.65. The fraction of sp³-hybridized carbons (Fsp3) is 0.667. The zero-order chi connectivity index (χ0) is 17.4. The van der Waals surface area contributed by atoms with Gasteiger partial charge < -0.3 is 32.3 Å². The Balaban J connectivity index is 4.95. The SMILES string of the molecule is CC(C)[C@H](NC(=O)[C@@H](N)CO)C(=O)N[C@@H](CC(N)=O)C(=O)O. The second-order valence-corrected chi connectivity index (χ2v) is 5.09. The van der Waals surface area contributed by atoms with Crippen molar-refractivity contribution in [3.8, 4) is 0 Å². The van der Waals surface area contributed by atoms with Gasteiger partial charge in [-0.25, -0.2) is 4.79 Å². The van der Waals surface area contributed by atoms with Crippen LogP contribution in [0.4, 0.5) is 0 Å². The van der Waals surface area contributed by atoms with Gasteiger partial charge in [0.2, 0.25) is 17.7 Å². The molecule has 0 radical (unpaired) electrons. The molecule has 0 aromatic rings. The van der Waals surface area contributed by atoms with E-state index in [9.17, 15) is 19.2 Å². The molecule has 8 N–H and O–H groups in total. The van der Waals surface area contributed by atoms with Crippen LogP contribution in [0.15, 0.2) is 0 Å². The number of nitrogens with one attached hydrogen (secondary N) is 2. The fourth-order valence-electron chi connectivity index (χ4n) is 1.54. The molecule has 126 valence electrons. The van der Waals surface area contributed by atoms with Crippen LogP contribution in [-0.2, 0) is 19.2 Å². The number of hydrogen-bond acceptors (Lipinski definition) is 6. The zero-order valence-electron chi connectivity index (χ0n) is 12.4. The number of carbonyl (C=O) groups excluding carboxylic acids is 3. The topological polar surface area (TPSA) is 185 Å². The number of carbonyl (C=O) groups is 4. The second-order valence-electron chi connectivity index (χ2n) is 5.09. The minimum absolute atomic E-state index is 0.377. The van der Waals surface area contributed by atoms with Crippen LogP contribution in [0.5, 0.6) is 0 Å². The van der Waals surface area contributed by atoms with Crippen molar-refractivity contribution in [1.82, 2.24) is 10.6 Å². The van der Waals surface area contributed by atoms with E-state index in [0.29, 0.717) is 0 Å². The van der Waals surface area contributed by atoms with Crippen LogP contribution < -0.4 is 22.1 Å². The molecule has 22 heavy (non-hydrogen) atoms. The quantitative estimate of drug-likeness (QED) is 0.260. The van der Waals surface area contributed by atoms with Crippen LogP contribution >= 0.6 is 0 Å². The van der Waals surface area contributed by atoms with E-state index < -0.39 is 54.8 Å². The van der Waals surface area contributed by atoms with E-state index in [1.165, 1.54) is 0 Å². The standard InChI is InChI=1S/C12H22N4O6/c1-5(2)9(16-10(19)6(13)4-17)11(20)15-7(12(21)22)3-8(14)18/h5-7,9,17H,3-4,13H2,1-2H3,(H2,14,18)(H,15,20)(H,16,19)(H,21,22)/t6-,7-,9-/m0/s1. The highest BCUT2D eigenvalue weighted by atomic mass is 16.4. The molecule has 0 heterocycles.